The van der Waals surface area contributed by atoms with Gasteiger partial charge in [-0.15, -0.1) is 0 Å². The van der Waals surface area contributed by atoms with E-state index in [4.69, 9.17) is 10.5 Å². The Balaban J connectivity index is 2.65. The topological polar surface area (TPSA) is 35.2 Å². The Kier molecular flexibility index (Phi) is 1.53. The Bertz CT molecular complexity index is 360. The van der Waals surface area contributed by atoms with Gasteiger partial charge in [0.25, 0.3) is 0 Å². The van der Waals surface area contributed by atoms with Crippen LogP contribution in [0.5, 0.6) is 5.75 Å². The van der Waals surface area contributed by atoms with Gasteiger partial charge >= 0.3 is 0 Å². The van der Waals surface area contributed by atoms with Crippen LogP contribution in [0.25, 0.3) is 0 Å². The fourth-order valence-electron chi connectivity index (χ4n) is 1.70. The number of benzene rings is 1. The Morgan fingerprint density at radius 1 is 1.46 bits per heavy atom. The summed E-state index contributed by atoms with van der Waals surface area (Å²) in [5.41, 5.74) is 6.31. The average Bonchev–Trinajstić information content (AvgIpc) is 2.26. The summed E-state index contributed by atoms with van der Waals surface area (Å²) in [4.78, 5) is 0. The number of halogens is 1. The SMILES string of the molecule is CC1(C)COc2cc(N)cc(F)c21. The van der Waals surface area contributed by atoms with Crippen molar-refractivity contribution in [3.8, 4) is 5.75 Å². The molecular formula is C10H12FNO. The number of hydrogen-bond donors (Lipinski definition) is 1. The van der Waals surface area contributed by atoms with Crippen molar-refractivity contribution in [1.82, 2.24) is 0 Å². The summed E-state index contributed by atoms with van der Waals surface area (Å²) >= 11 is 0. The van der Waals surface area contributed by atoms with Gasteiger partial charge in [-0.3, -0.25) is 0 Å². The van der Waals surface area contributed by atoms with Crippen molar-refractivity contribution in [2.75, 3.05) is 12.3 Å². The molecule has 70 valence electrons. The molecule has 2 rings (SSSR count). The van der Waals surface area contributed by atoms with Crippen molar-refractivity contribution in [2.24, 2.45) is 0 Å². The summed E-state index contributed by atoms with van der Waals surface area (Å²) in [7, 11) is 0. The molecule has 0 spiro atoms. The lowest BCUT2D eigenvalue weighted by Gasteiger charge is -2.15. The Hall–Kier alpha value is -1.25. The van der Waals surface area contributed by atoms with Crippen molar-refractivity contribution in [2.45, 2.75) is 19.3 Å². The van der Waals surface area contributed by atoms with Gasteiger partial charge in [0, 0.05) is 22.7 Å². The molecule has 2 N–H and O–H groups in total. The molecule has 0 radical (unpaired) electrons. The molecule has 0 amide bonds. The predicted molar refractivity (Wildman–Crippen MR) is 49.3 cm³/mol. The minimum absolute atomic E-state index is 0.243. The lowest BCUT2D eigenvalue weighted by atomic mass is 9.86. The van der Waals surface area contributed by atoms with Gasteiger partial charge in [0.2, 0.25) is 0 Å². The molecular weight excluding hydrogens is 169 g/mol. The van der Waals surface area contributed by atoms with E-state index in [-0.39, 0.29) is 11.2 Å². The molecule has 1 aromatic carbocycles. The van der Waals surface area contributed by atoms with Crippen molar-refractivity contribution in [1.29, 1.82) is 0 Å². The first kappa shape index (κ1) is 8.35. The molecule has 3 heteroatoms. The molecule has 0 unspecified atom stereocenters. The van der Waals surface area contributed by atoms with Gasteiger partial charge in [-0.1, -0.05) is 13.8 Å². The summed E-state index contributed by atoms with van der Waals surface area (Å²) in [6, 6.07) is 3.02. The van der Waals surface area contributed by atoms with Crippen LogP contribution in [-0.4, -0.2) is 6.61 Å². The molecule has 1 aromatic rings. The van der Waals surface area contributed by atoms with Crippen LogP contribution in [0.2, 0.25) is 0 Å². The highest BCUT2D eigenvalue weighted by molar-refractivity contribution is 5.53. The van der Waals surface area contributed by atoms with E-state index >= 15 is 0 Å². The smallest absolute Gasteiger partial charge is 0.132 e. The first-order valence-corrected chi connectivity index (χ1v) is 4.23. The zero-order valence-electron chi connectivity index (χ0n) is 7.73. The molecule has 13 heavy (non-hydrogen) atoms. The number of rotatable bonds is 0. The minimum atomic E-state index is -0.266. The van der Waals surface area contributed by atoms with E-state index in [1.165, 1.54) is 6.07 Å². The molecule has 0 fully saturated rings. The first-order valence-electron chi connectivity index (χ1n) is 4.23. The molecule has 0 saturated carbocycles. The van der Waals surface area contributed by atoms with Crippen LogP contribution < -0.4 is 10.5 Å². The molecule has 0 atom stereocenters. The Labute approximate surface area is 76.5 Å². The van der Waals surface area contributed by atoms with Crippen molar-refractivity contribution in [3.05, 3.63) is 23.5 Å². The van der Waals surface area contributed by atoms with E-state index < -0.39 is 0 Å². The number of fused-ring (bicyclic) bond motifs is 1. The maximum Gasteiger partial charge on any atom is 0.132 e. The highest BCUT2D eigenvalue weighted by atomic mass is 19.1. The monoisotopic (exact) mass is 181 g/mol. The number of nitrogens with two attached hydrogens (primary N) is 1. The summed E-state index contributed by atoms with van der Waals surface area (Å²) in [6.45, 7) is 4.43. The largest absolute Gasteiger partial charge is 0.492 e. The van der Waals surface area contributed by atoms with Crippen molar-refractivity contribution < 1.29 is 9.13 Å². The van der Waals surface area contributed by atoms with Crippen LogP contribution in [0, 0.1) is 5.82 Å². The fraction of sp³-hybridized carbons (Fsp3) is 0.400. The summed E-state index contributed by atoms with van der Waals surface area (Å²) in [5, 5.41) is 0. The van der Waals surface area contributed by atoms with E-state index in [1.807, 2.05) is 13.8 Å². The van der Waals surface area contributed by atoms with E-state index in [0.29, 0.717) is 23.6 Å². The zero-order chi connectivity index (χ0) is 9.64. The van der Waals surface area contributed by atoms with Gasteiger partial charge in [-0.2, -0.15) is 0 Å². The highest BCUT2D eigenvalue weighted by Crippen LogP contribution is 2.41. The Morgan fingerprint density at radius 3 is 2.85 bits per heavy atom. The predicted octanol–water partition coefficient (Wildman–Crippen LogP) is 2.08. The molecule has 0 aromatic heterocycles. The van der Waals surface area contributed by atoms with Crippen LogP contribution in [0.1, 0.15) is 19.4 Å². The molecule has 1 aliphatic rings. The third kappa shape index (κ3) is 1.15. The zero-order valence-corrected chi connectivity index (χ0v) is 7.73. The molecule has 1 heterocycles. The van der Waals surface area contributed by atoms with Crippen molar-refractivity contribution >= 4 is 5.69 Å². The number of ether oxygens (including phenoxy) is 1. The second-order valence-corrected chi connectivity index (χ2v) is 4.05. The van der Waals surface area contributed by atoms with Gasteiger partial charge in [0.15, 0.2) is 0 Å². The van der Waals surface area contributed by atoms with Crippen LogP contribution in [-0.2, 0) is 5.41 Å². The summed E-state index contributed by atoms with van der Waals surface area (Å²) < 4.78 is 18.8. The van der Waals surface area contributed by atoms with Gasteiger partial charge in [-0.25, -0.2) is 4.39 Å². The molecule has 1 aliphatic heterocycles. The number of nitrogen functional groups attached to an aromatic ring is 1. The maximum absolute atomic E-state index is 13.5. The van der Waals surface area contributed by atoms with Crippen LogP contribution in [0.15, 0.2) is 12.1 Å². The number of anilines is 1. The number of hydrogen-bond acceptors (Lipinski definition) is 2. The van der Waals surface area contributed by atoms with Crippen molar-refractivity contribution in [3.63, 3.8) is 0 Å². The van der Waals surface area contributed by atoms with Gasteiger partial charge in [-0.05, 0) is 6.07 Å². The molecule has 0 aliphatic carbocycles. The summed E-state index contributed by atoms with van der Waals surface area (Å²) in [5.74, 6) is 0.319. The van der Waals surface area contributed by atoms with Crippen LogP contribution in [0.3, 0.4) is 0 Å². The lowest BCUT2D eigenvalue weighted by molar-refractivity contribution is 0.290. The standard InChI is InChI=1S/C10H12FNO/c1-10(2)5-13-8-4-6(12)3-7(11)9(8)10/h3-4H,5,12H2,1-2H3. The average molecular weight is 181 g/mol. The second-order valence-electron chi connectivity index (χ2n) is 4.05. The third-order valence-electron chi connectivity index (χ3n) is 2.34. The van der Waals surface area contributed by atoms with E-state index in [0.717, 1.165) is 0 Å². The quantitative estimate of drug-likeness (QED) is 0.622. The summed E-state index contributed by atoms with van der Waals surface area (Å²) in [6.07, 6.45) is 0. The van der Waals surface area contributed by atoms with E-state index in [1.54, 1.807) is 6.07 Å². The maximum atomic E-state index is 13.5. The van der Waals surface area contributed by atoms with Crippen LogP contribution >= 0.6 is 0 Å². The van der Waals surface area contributed by atoms with E-state index in [9.17, 15) is 4.39 Å². The normalized spacial score (nSPS) is 18.1. The van der Waals surface area contributed by atoms with E-state index in [2.05, 4.69) is 0 Å². The third-order valence-corrected chi connectivity index (χ3v) is 2.34. The minimum Gasteiger partial charge on any atom is -0.492 e. The van der Waals surface area contributed by atoms with Gasteiger partial charge in [0.1, 0.15) is 11.6 Å². The highest BCUT2D eigenvalue weighted by Gasteiger charge is 2.34. The fourth-order valence-corrected chi connectivity index (χ4v) is 1.70. The molecule has 0 saturated heterocycles. The van der Waals surface area contributed by atoms with Gasteiger partial charge in [0.05, 0.1) is 6.61 Å². The second kappa shape index (κ2) is 2.37. The molecule has 2 nitrogen and oxygen atoms in total. The lowest BCUT2D eigenvalue weighted by Crippen LogP contribution is -2.19. The van der Waals surface area contributed by atoms with Gasteiger partial charge < -0.3 is 10.5 Å². The Morgan fingerprint density at radius 2 is 2.15 bits per heavy atom. The van der Waals surface area contributed by atoms with Crippen LogP contribution in [0.4, 0.5) is 10.1 Å². The first-order chi connectivity index (χ1) is 6.00. The molecule has 0 bridgehead atoms.